The molecule has 0 radical (unpaired) electrons. The highest BCUT2D eigenvalue weighted by atomic mass is 127. The van der Waals surface area contributed by atoms with E-state index in [4.69, 9.17) is 5.73 Å². The fourth-order valence-corrected chi connectivity index (χ4v) is 2.10. The number of primary amides is 1. The van der Waals surface area contributed by atoms with Crippen molar-refractivity contribution >= 4 is 35.8 Å². The van der Waals surface area contributed by atoms with E-state index in [2.05, 4.69) is 15.6 Å². The van der Waals surface area contributed by atoms with Crippen LogP contribution in [0.4, 0.5) is 8.78 Å². The Hall–Kier alpha value is -2.23. The quantitative estimate of drug-likeness (QED) is 0.365. The van der Waals surface area contributed by atoms with Crippen molar-refractivity contribution in [2.24, 2.45) is 10.7 Å². The zero-order valence-electron chi connectivity index (χ0n) is 13.6. The number of benzene rings is 2. The molecule has 4 N–H and O–H groups in total. The number of carbonyl (C=O) groups excluding carboxylic acids is 1. The zero-order chi connectivity index (χ0) is 17.5. The van der Waals surface area contributed by atoms with Crippen molar-refractivity contribution in [1.82, 2.24) is 10.6 Å². The Labute approximate surface area is 161 Å². The summed E-state index contributed by atoms with van der Waals surface area (Å²) in [6, 6.07) is 10.1. The second-order valence-electron chi connectivity index (χ2n) is 5.08. The average molecular weight is 460 g/mol. The highest BCUT2D eigenvalue weighted by molar-refractivity contribution is 14.0. The largest absolute Gasteiger partial charge is 0.366 e. The molecule has 0 unspecified atom stereocenters. The third-order valence-corrected chi connectivity index (χ3v) is 3.35. The van der Waals surface area contributed by atoms with Crippen LogP contribution in [-0.4, -0.2) is 18.9 Å². The molecular formula is C17H19F2IN4O. The summed E-state index contributed by atoms with van der Waals surface area (Å²) in [6.07, 6.45) is 0. The van der Waals surface area contributed by atoms with E-state index in [-0.39, 0.29) is 36.1 Å². The second-order valence-corrected chi connectivity index (χ2v) is 5.08. The van der Waals surface area contributed by atoms with Crippen LogP contribution in [0.3, 0.4) is 0 Å². The molecule has 0 aromatic heterocycles. The van der Waals surface area contributed by atoms with E-state index >= 15 is 0 Å². The Morgan fingerprint density at radius 1 is 1.12 bits per heavy atom. The molecule has 0 spiro atoms. The Morgan fingerprint density at radius 2 is 1.84 bits per heavy atom. The van der Waals surface area contributed by atoms with E-state index in [9.17, 15) is 13.6 Å². The van der Waals surface area contributed by atoms with Gasteiger partial charge in [0.1, 0.15) is 11.6 Å². The van der Waals surface area contributed by atoms with Gasteiger partial charge in [-0.25, -0.2) is 8.78 Å². The lowest BCUT2D eigenvalue weighted by molar-refractivity contribution is 0.1000. The van der Waals surface area contributed by atoms with Gasteiger partial charge < -0.3 is 16.4 Å². The first-order valence-corrected chi connectivity index (χ1v) is 7.27. The maximum atomic E-state index is 13.6. The molecule has 0 aliphatic carbocycles. The monoisotopic (exact) mass is 460 g/mol. The molecule has 8 heteroatoms. The van der Waals surface area contributed by atoms with Crippen molar-refractivity contribution in [3.05, 3.63) is 70.8 Å². The first kappa shape index (κ1) is 20.8. The molecule has 2 aromatic carbocycles. The van der Waals surface area contributed by atoms with E-state index < -0.39 is 17.5 Å². The molecule has 0 saturated carbocycles. The van der Waals surface area contributed by atoms with Crippen LogP contribution in [0.25, 0.3) is 0 Å². The molecule has 0 atom stereocenters. The topological polar surface area (TPSA) is 79.5 Å². The van der Waals surface area contributed by atoms with Crippen LogP contribution in [0.2, 0.25) is 0 Å². The number of nitrogens with two attached hydrogens (primary N) is 1. The number of halogens is 3. The summed E-state index contributed by atoms with van der Waals surface area (Å²) < 4.78 is 26.7. The molecular weight excluding hydrogens is 441 g/mol. The van der Waals surface area contributed by atoms with Gasteiger partial charge in [-0.3, -0.25) is 9.79 Å². The Balaban J connectivity index is 0.00000312. The molecule has 5 nitrogen and oxygen atoms in total. The van der Waals surface area contributed by atoms with Crippen LogP contribution < -0.4 is 16.4 Å². The predicted octanol–water partition coefficient (Wildman–Crippen LogP) is 2.55. The number of nitrogens with one attached hydrogen (secondary N) is 2. The minimum absolute atomic E-state index is 0. The van der Waals surface area contributed by atoms with Gasteiger partial charge in [0, 0.05) is 31.3 Å². The van der Waals surface area contributed by atoms with E-state index in [0.29, 0.717) is 18.1 Å². The predicted molar refractivity (Wildman–Crippen MR) is 104 cm³/mol. The summed E-state index contributed by atoms with van der Waals surface area (Å²) in [6.45, 7) is 0.483. The number of aliphatic imine (C=N–C) groups is 1. The summed E-state index contributed by atoms with van der Waals surface area (Å²) in [5.74, 6) is -1.07. The molecule has 0 bridgehead atoms. The molecule has 134 valence electrons. The van der Waals surface area contributed by atoms with E-state index in [0.717, 1.165) is 23.8 Å². The van der Waals surface area contributed by atoms with E-state index in [1.165, 1.54) is 0 Å². The number of hydrogen-bond donors (Lipinski definition) is 3. The second kappa shape index (κ2) is 9.92. The molecule has 2 rings (SSSR count). The van der Waals surface area contributed by atoms with E-state index in [1.807, 2.05) is 6.07 Å². The number of carbonyl (C=O) groups is 1. The summed E-state index contributed by atoms with van der Waals surface area (Å²) in [5.41, 5.74) is 6.70. The van der Waals surface area contributed by atoms with Crippen LogP contribution in [-0.2, 0) is 13.1 Å². The molecule has 1 amide bonds. The van der Waals surface area contributed by atoms with Gasteiger partial charge >= 0.3 is 0 Å². The van der Waals surface area contributed by atoms with Crippen molar-refractivity contribution in [2.45, 2.75) is 13.1 Å². The van der Waals surface area contributed by atoms with Crippen LogP contribution >= 0.6 is 24.0 Å². The summed E-state index contributed by atoms with van der Waals surface area (Å²) in [7, 11) is 1.57. The van der Waals surface area contributed by atoms with Gasteiger partial charge in [0.05, 0.1) is 0 Å². The third kappa shape index (κ3) is 6.29. The fraction of sp³-hybridized carbons (Fsp3) is 0.176. The van der Waals surface area contributed by atoms with Gasteiger partial charge in [0.15, 0.2) is 5.96 Å². The molecule has 0 aliphatic heterocycles. The van der Waals surface area contributed by atoms with Gasteiger partial charge in [0.25, 0.3) is 0 Å². The van der Waals surface area contributed by atoms with E-state index in [1.54, 1.807) is 25.2 Å². The van der Waals surface area contributed by atoms with Gasteiger partial charge in [0.2, 0.25) is 5.91 Å². The lowest BCUT2D eigenvalue weighted by Crippen LogP contribution is -2.36. The Kier molecular flexibility index (Phi) is 8.26. The normalized spacial score (nSPS) is 10.8. The summed E-state index contributed by atoms with van der Waals surface area (Å²) in [5, 5.41) is 5.93. The lowest BCUT2D eigenvalue weighted by atomic mass is 10.1. The van der Waals surface area contributed by atoms with Crippen LogP contribution in [0.15, 0.2) is 47.5 Å². The summed E-state index contributed by atoms with van der Waals surface area (Å²) >= 11 is 0. The number of amides is 1. The molecule has 25 heavy (non-hydrogen) atoms. The number of guanidine groups is 1. The Bertz CT molecular complexity index is 768. The standard InChI is InChI=1S/C17H18F2N4O.HI/c1-21-17(23-10-13-8-14(18)5-6-15(13)19)22-9-11-3-2-4-12(7-11)16(20)24;/h2-8H,9-10H2,1H3,(H2,20,24)(H2,21,22,23);1H. The van der Waals surface area contributed by atoms with Crippen molar-refractivity contribution in [2.75, 3.05) is 7.05 Å². The highest BCUT2D eigenvalue weighted by Crippen LogP contribution is 2.09. The number of hydrogen-bond acceptors (Lipinski definition) is 2. The van der Waals surface area contributed by atoms with Gasteiger partial charge in [-0.2, -0.15) is 0 Å². The highest BCUT2D eigenvalue weighted by Gasteiger charge is 2.06. The Morgan fingerprint density at radius 3 is 2.52 bits per heavy atom. The maximum absolute atomic E-state index is 13.6. The summed E-state index contributed by atoms with van der Waals surface area (Å²) in [4.78, 5) is 15.2. The van der Waals surface area contributed by atoms with Crippen LogP contribution in [0.1, 0.15) is 21.5 Å². The maximum Gasteiger partial charge on any atom is 0.248 e. The lowest BCUT2D eigenvalue weighted by Gasteiger charge is -2.13. The van der Waals surface area contributed by atoms with Gasteiger partial charge in [-0.05, 0) is 35.9 Å². The van der Waals surface area contributed by atoms with Crippen molar-refractivity contribution in [3.63, 3.8) is 0 Å². The zero-order valence-corrected chi connectivity index (χ0v) is 15.9. The number of nitrogens with zero attached hydrogens (tertiary/aromatic N) is 1. The smallest absolute Gasteiger partial charge is 0.248 e. The number of rotatable bonds is 5. The molecule has 0 saturated heterocycles. The van der Waals surface area contributed by atoms with Crippen molar-refractivity contribution < 1.29 is 13.6 Å². The third-order valence-electron chi connectivity index (χ3n) is 3.35. The van der Waals surface area contributed by atoms with Gasteiger partial charge in [-0.15, -0.1) is 24.0 Å². The molecule has 0 fully saturated rings. The SMILES string of the molecule is CN=C(NCc1cccc(C(N)=O)c1)NCc1cc(F)ccc1F.I. The molecule has 2 aromatic rings. The fourth-order valence-electron chi connectivity index (χ4n) is 2.10. The van der Waals surface area contributed by atoms with Crippen molar-refractivity contribution in [1.29, 1.82) is 0 Å². The molecule has 0 aliphatic rings. The van der Waals surface area contributed by atoms with Crippen molar-refractivity contribution in [3.8, 4) is 0 Å². The average Bonchev–Trinajstić information content (AvgIpc) is 2.58. The van der Waals surface area contributed by atoms with Crippen LogP contribution in [0.5, 0.6) is 0 Å². The van der Waals surface area contributed by atoms with Gasteiger partial charge in [-0.1, -0.05) is 12.1 Å². The minimum Gasteiger partial charge on any atom is -0.366 e. The minimum atomic E-state index is -0.501. The molecule has 0 heterocycles. The first-order valence-electron chi connectivity index (χ1n) is 7.27. The first-order chi connectivity index (χ1) is 11.5. The van der Waals surface area contributed by atoms with Crippen LogP contribution in [0, 0.1) is 11.6 Å².